The summed E-state index contributed by atoms with van der Waals surface area (Å²) in [5.41, 5.74) is 1.37. The minimum absolute atomic E-state index is 0.283. The molecule has 0 aromatic heterocycles. The third kappa shape index (κ3) is 7.16. The van der Waals surface area contributed by atoms with E-state index in [9.17, 15) is 4.79 Å². The predicted molar refractivity (Wildman–Crippen MR) is 112 cm³/mol. The van der Waals surface area contributed by atoms with Gasteiger partial charge in [-0.05, 0) is 55.3 Å². The molecule has 1 amide bonds. The van der Waals surface area contributed by atoms with E-state index in [-0.39, 0.29) is 5.91 Å². The number of amides is 1. The number of carbonyl (C=O) groups is 1. The van der Waals surface area contributed by atoms with Crippen molar-refractivity contribution in [1.29, 1.82) is 0 Å². The molecule has 0 radical (unpaired) electrons. The van der Waals surface area contributed by atoms with Crippen LogP contribution in [0.15, 0.2) is 42.5 Å². The Kier molecular flexibility index (Phi) is 8.49. The lowest BCUT2D eigenvalue weighted by Gasteiger charge is -2.12. The first-order chi connectivity index (χ1) is 13.0. The second-order valence-corrected chi connectivity index (χ2v) is 6.69. The van der Waals surface area contributed by atoms with Gasteiger partial charge in [-0.1, -0.05) is 42.6 Å². The number of hydrogen-bond donors (Lipinski definition) is 1. The van der Waals surface area contributed by atoms with Crippen LogP contribution in [0.4, 0.5) is 5.69 Å². The molecule has 27 heavy (non-hydrogen) atoms. The second-order valence-electron chi connectivity index (χ2n) is 5.82. The highest BCUT2D eigenvalue weighted by Gasteiger charge is 2.06. The third-order valence-corrected chi connectivity index (χ3v) is 4.02. The van der Waals surface area contributed by atoms with E-state index in [0.717, 1.165) is 18.4 Å². The van der Waals surface area contributed by atoms with Gasteiger partial charge in [-0.25, -0.2) is 0 Å². The van der Waals surface area contributed by atoms with E-state index in [0.29, 0.717) is 40.4 Å². The topological polar surface area (TPSA) is 47.6 Å². The first-order valence-corrected chi connectivity index (χ1v) is 9.62. The fourth-order valence-electron chi connectivity index (χ4n) is 2.32. The maximum absolute atomic E-state index is 12.1. The molecule has 0 bridgehead atoms. The molecule has 0 aliphatic rings. The van der Waals surface area contributed by atoms with Crippen LogP contribution >= 0.6 is 23.2 Å². The predicted octanol–water partition coefficient (Wildman–Crippen LogP) is 6.22. The summed E-state index contributed by atoms with van der Waals surface area (Å²) in [6.45, 7) is 5.22. The SMILES string of the molecule is CCCCOc1ccc(/C=C/C(=O)Nc2cc(Cl)cc(Cl)c2)cc1OCC. The molecule has 0 atom stereocenters. The Morgan fingerprint density at radius 1 is 1.04 bits per heavy atom. The van der Waals surface area contributed by atoms with E-state index in [1.165, 1.54) is 6.08 Å². The Bertz CT molecular complexity index is 786. The van der Waals surface area contributed by atoms with Gasteiger partial charge in [0.1, 0.15) is 0 Å². The summed E-state index contributed by atoms with van der Waals surface area (Å²) in [6, 6.07) is 10.5. The van der Waals surface area contributed by atoms with Crippen molar-refractivity contribution in [2.45, 2.75) is 26.7 Å². The highest BCUT2D eigenvalue weighted by Crippen LogP contribution is 2.29. The summed E-state index contributed by atoms with van der Waals surface area (Å²) in [7, 11) is 0. The van der Waals surface area contributed by atoms with Gasteiger partial charge in [0, 0.05) is 21.8 Å². The lowest BCUT2D eigenvalue weighted by Crippen LogP contribution is -2.07. The molecule has 2 rings (SSSR count). The monoisotopic (exact) mass is 407 g/mol. The van der Waals surface area contributed by atoms with Crippen molar-refractivity contribution in [2.24, 2.45) is 0 Å². The molecular weight excluding hydrogens is 385 g/mol. The first-order valence-electron chi connectivity index (χ1n) is 8.86. The molecule has 0 aliphatic heterocycles. The van der Waals surface area contributed by atoms with Crippen molar-refractivity contribution in [1.82, 2.24) is 0 Å². The summed E-state index contributed by atoms with van der Waals surface area (Å²) in [5, 5.41) is 3.65. The number of unbranched alkanes of at least 4 members (excludes halogenated alkanes) is 1. The minimum atomic E-state index is -0.283. The average Bonchev–Trinajstić information content (AvgIpc) is 2.61. The Balaban J connectivity index is 2.06. The highest BCUT2D eigenvalue weighted by atomic mass is 35.5. The first kappa shape index (κ1) is 21.1. The molecular formula is C21H23Cl2NO3. The molecule has 4 nitrogen and oxygen atoms in total. The smallest absolute Gasteiger partial charge is 0.248 e. The molecule has 0 unspecified atom stereocenters. The molecule has 0 heterocycles. The maximum atomic E-state index is 12.1. The molecule has 0 fully saturated rings. The van der Waals surface area contributed by atoms with Gasteiger partial charge < -0.3 is 14.8 Å². The highest BCUT2D eigenvalue weighted by molar-refractivity contribution is 6.35. The van der Waals surface area contributed by atoms with Crippen LogP contribution in [0, 0.1) is 0 Å². The van der Waals surface area contributed by atoms with E-state index >= 15 is 0 Å². The van der Waals surface area contributed by atoms with Gasteiger partial charge in [0.2, 0.25) is 5.91 Å². The van der Waals surface area contributed by atoms with Gasteiger partial charge >= 0.3 is 0 Å². The summed E-state index contributed by atoms with van der Waals surface area (Å²) < 4.78 is 11.4. The third-order valence-electron chi connectivity index (χ3n) is 3.58. The quantitative estimate of drug-likeness (QED) is 0.396. The number of anilines is 1. The van der Waals surface area contributed by atoms with Gasteiger partial charge in [0.05, 0.1) is 13.2 Å². The van der Waals surface area contributed by atoms with Gasteiger partial charge in [-0.2, -0.15) is 0 Å². The Hall–Kier alpha value is -2.17. The van der Waals surface area contributed by atoms with Gasteiger partial charge in [0.15, 0.2) is 11.5 Å². The fraction of sp³-hybridized carbons (Fsp3) is 0.286. The van der Waals surface area contributed by atoms with E-state index in [2.05, 4.69) is 12.2 Å². The zero-order valence-corrected chi connectivity index (χ0v) is 16.9. The molecule has 144 valence electrons. The maximum Gasteiger partial charge on any atom is 0.248 e. The van der Waals surface area contributed by atoms with E-state index in [1.807, 2.05) is 25.1 Å². The molecule has 2 aromatic carbocycles. The lowest BCUT2D eigenvalue weighted by molar-refractivity contribution is -0.111. The average molecular weight is 408 g/mol. The normalized spacial score (nSPS) is 10.8. The van der Waals surface area contributed by atoms with E-state index in [4.69, 9.17) is 32.7 Å². The fourth-order valence-corrected chi connectivity index (χ4v) is 2.85. The molecule has 0 saturated heterocycles. The Labute approximate surface area is 170 Å². The minimum Gasteiger partial charge on any atom is -0.490 e. The largest absolute Gasteiger partial charge is 0.490 e. The number of hydrogen-bond acceptors (Lipinski definition) is 3. The van der Waals surface area contributed by atoms with Crippen molar-refractivity contribution < 1.29 is 14.3 Å². The van der Waals surface area contributed by atoms with Crippen LogP contribution in [-0.4, -0.2) is 19.1 Å². The summed E-state index contributed by atoms with van der Waals surface area (Å²) in [6.07, 6.45) is 5.20. The molecule has 6 heteroatoms. The van der Waals surface area contributed by atoms with Crippen molar-refractivity contribution in [3.05, 3.63) is 58.1 Å². The molecule has 0 aliphatic carbocycles. The van der Waals surface area contributed by atoms with Crippen LogP contribution < -0.4 is 14.8 Å². The van der Waals surface area contributed by atoms with Crippen molar-refractivity contribution in [2.75, 3.05) is 18.5 Å². The van der Waals surface area contributed by atoms with Crippen LogP contribution in [0.1, 0.15) is 32.3 Å². The van der Waals surface area contributed by atoms with Crippen molar-refractivity contribution in [3.8, 4) is 11.5 Å². The number of carbonyl (C=O) groups excluding carboxylic acids is 1. The zero-order valence-electron chi connectivity index (χ0n) is 15.4. The van der Waals surface area contributed by atoms with Crippen LogP contribution in [0.25, 0.3) is 6.08 Å². The number of ether oxygens (including phenoxy) is 2. The van der Waals surface area contributed by atoms with Crippen LogP contribution in [0.5, 0.6) is 11.5 Å². The lowest BCUT2D eigenvalue weighted by atomic mass is 10.2. The van der Waals surface area contributed by atoms with Gasteiger partial charge in [0.25, 0.3) is 0 Å². The Morgan fingerprint density at radius 2 is 1.78 bits per heavy atom. The van der Waals surface area contributed by atoms with Crippen molar-refractivity contribution >= 4 is 40.9 Å². The standard InChI is InChI=1S/C21H23Cl2NO3/c1-3-5-10-27-19-8-6-15(11-20(19)26-4-2)7-9-21(25)24-18-13-16(22)12-17(23)14-18/h6-9,11-14H,3-5,10H2,1-2H3,(H,24,25)/b9-7+. The molecule has 0 saturated carbocycles. The molecule has 0 spiro atoms. The number of rotatable bonds is 9. The number of halogens is 2. The molecule has 2 aromatic rings. The summed E-state index contributed by atoms with van der Waals surface area (Å²) in [5.74, 6) is 1.09. The summed E-state index contributed by atoms with van der Waals surface area (Å²) >= 11 is 11.9. The summed E-state index contributed by atoms with van der Waals surface area (Å²) in [4.78, 5) is 12.1. The zero-order chi connectivity index (χ0) is 19.6. The second kappa shape index (κ2) is 10.9. The number of nitrogens with one attached hydrogen (secondary N) is 1. The van der Waals surface area contributed by atoms with Crippen LogP contribution in [-0.2, 0) is 4.79 Å². The Morgan fingerprint density at radius 3 is 2.44 bits per heavy atom. The van der Waals surface area contributed by atoms with Crippen molar-refractivity contribution in [3.63, 3.8) is 0 Å². The van der Waals surface area contributed by atoms with E-state index < -0.39 is 0 Å². The van der Waals surface area contributed by atoms with Gasteiger partial charge in [-0.3, -0.25) is 4.79 Å². The van der Waals surface area contributed by atoms with Crippen LogP contribution in [0.3, 0.4) is 0 Å². The van der Waals surface area contributed by atoms with E-state index in [1.54, 1.807) is 24.3 Å². The van der Waals surface area contributed by atoms with Crippen LogP contribution in [0.2, 0.25) is 10.0 Å². The number of benzene rings is 2. The molecule has 1 N–H and O–H groups in total. The van der Waals surface area contributed by atoms with Gasteiger partial charge in [-0.15, -0.1) is 0 Å².